The maximum Gasteiger partial charge on any atom is 0.347 e. The number of carboxylic acids is 1. The lowest BCUT2D eigenvalue weighted by Crippen LogP contribution is -2.37. The van der Waals surface area contributed by atoms with Crippen molar-refractivity contribution in [1.82, 2.24) is 0 Å². The smallest absolute Gasteiger partial charge is 0.347 e. The number of carboxylic acid groups (broad SMARTS) is 1. The molecule has 0 saturated heterocycles. The summed E-state index contributed by atoms with van der Waals surface area (Å²) in [6.45, 7) is 5.35. The van der Waals surface area contributed by atoms with Crippen molar-refractivity contribution in [3.8, 4) is 5.75 Å². The standard InChI is InChI=1S/C14H16I2O3/c1-12(2,11(17)18)19-10-6-4-9(5-7-10)13(3)8-14(13,15)16/h4-7H,8H2,1-3H3,(H,17,18). The molecule has 0 bridgehead atoms. The van der Waals surface area contributed by atoms with Crippen LogP contribution in [0.4, 0.5) is 0 Å². The van der Waals surface area contributed by atoms with E-state index in [1.54, 1.807) is 13.8 Å². The lowest BCUT2D eigenvalue weighted by atomic mass is 9.98. The first kappa shape index (κ1) is 15.3. The molecule has 1 aliphatic rings. The average Bonchev–Trinajstić information content (AvgIpc) is 2.79. The maximum absolute atomic E-state index is 11.0. The number of carbonyl (C=O) groups is 1. The van der Waals surface area contributed by atoms with Gasteiger partial charge in [0.05, 0.1) is 1.43 Å². The van der Waals surface area contributed by atoms with E-state index in [9.17, 15) is 4.79 Å². The zero-order chi connectivity index (χ0) is 14.5. The van der Waals surface area contributed by atoms with E-state index >= 15 is 0 Å². The summed E-state index contributed by atoms with van der Waals surface area (Å²) in [4.78, 5) is 11.0. The Balaban J connectivity index is 2.15. The highest BCUT2D eigenvalue weighted by Gasteiger charge is 2.62. The van der Waals surface area contributed by atoms with Gasteiger partial charge in [0.15, 0.2) is 5.60 Å². The Morgan fingerprint density at radius 1 is 1.32 bits per heavy atom. The molecule has 1 atom stereocenters. The molecule has 1 saturated carbocycles. The second-order valence-electron chi connectivity index (χ2n) is 5.66. The number of ether oxygens (including phenoxy) is 1. The van der Waals surface area contributed by atoms with Gasteiger partial charge in [-0.15, -0.1) is 0 Å². The van der Waals surface area contributed by atoms with Crippen molar-refractivity contribution in [3.05, 3.63) is 29.8 Å². The van der Waals surface area contributed by atoms with E-state index < -0.39 is 11.6 Å². The van der Waals surface area contributed by atoms with Crippen molar-refractivity contribution in [2.24, 2.45) is 0 Å². The molecule has 0 aliphatic heterocycles. The molecular formula is C14H16I2O3. The highest BCUT2D eigenvalue weighted by Crippen LogP contribution is 2.67. The van der Waals surface area contributed by atoms with E-state index in [1.165, 1.54) is 5.56 Å². The van der Waals surface area contributed by atoms with Gasteiger partial charge in [0.2, 0.25) is 0 Å². The molecule has 1 fully saturated rings. The Kier molecular flexibility index (Phi) is 3.84. The van der Waals surface area contributed by atoms with Gasteiger partial charge in [-0.3, -0.25) is 0 Å². The molecule has 104 valence electrons. The zero-order valence-corrected chi connectivity index (χ0v) is 15.4. The normalized spacial score (nSPS) is 24.9. The number of hydrogen-bond donors (Lipinski definition) is 1. The van der Waals surface area contributed by atoms with Gasteiger partial charge in [0, 0.05) is 5.41 Å². The molecule has 0 spiro atoms. The van der Waals surface area contributed by atoms with Crippen molar-refractivity contribution < 1.29 is 14.6 Å². The highest BCUT2D eigenvalue weighted by atomic mass is 127. The molecule has 3 nitrogen and oxygen atoms in total. The summed E-state index contributed by atoms with van der Waals surface area (Å²) < 4.78 is 5.78. The fourth-order valence-corrected chi connectivity index (χ4v) is 4.09. The first-order valence-corrected chi connectivity index (χ1v) is 8.15. The van der Waals surface area contributed by atoms with Crippen molar-refractivity contribution in [2.45, 2.75) is 39.6 Å². The fourth-order valence-electron chi connectivity index (χ4n) is 1.94. The highest BCUT2D eigenvalue weighted by molar-refractivity contribution is 14.2. The van der Waals surface area contributed by atoms with Gasteiger partial charge in [0.1, 0.15) is 5.75 Å². The lowest BCUT2D eigenvalue weighted by Gasteiger charge is -2.22. The Morgan fingerprint density at radius 3 is 2.16 bits per heavy atom. The van der Waals surface area contributed by atoms with Crippen LogP contribution >= 0.6 is 45.2 Å². The Morgan fingerprint density at radius 2 is 1.79 bits per heavy atom. The molecule has 1 aromatic carbocycles. The Bertz CT molecular complexity index is 508. The minimum Gasteiger partial charge on any atom is -0.478 e. The van der Waals surface area contributed by atoms with Gasteiger partial charge in [-0.05, 0) is 38.0 Å². The zero-order valence-electron chi connectivity index (χ0n) is 11.0. The lowest BCUT2D eigenvalue weighted by molar-refractivity contribution is -0.152. The van der Waals surface area contributed by atoms with Crippen LogP contribution in [-0.4, -0.2) is 18.1 Å². The molecule has 0 amide bonds. The molecule has 1 aliphatic carbocycles. The first-order valence-electron chi connectivity index (χ1n) is 5.99. The minimum absolute atomic E-state index is 0.203. The third-order valence-corrected chi connectivity index (χ3v) is 6.78. The minimum atomic E-state index is -1.21. The van der Waals surface area contributed by atoms with Gasteiger partial charge >= 0.3 is 5.97 Å². The van der Waals surface area contributed by atoms with Gasteiger partial charge in [0.25, 0.3) is 0 Å². The summed E-state index contributed by atoms with van der Waals surface area (Å²) in [7, 11) is 0. The second-order valence-corrected chi connectivity index (χ2v) is 11.4. The van der Waals surface area contributed by atoms with E-state index in [2.05, 4.69) is 52.1 Å². The van der Waals surface area contributed by atoms with E-state index in [4.69, 9.17) is 9.84 Å². The van der Waals surface area contributed by atoms with Crippen LogP contribution in [0.2, 0.25) is 0 Å². The van der Waals surface area contributed by atoms with Gasteiger partial charge in [-0.25, -0.2) is 4.79 Å². The predicted molar refractivity (Wildman–Crippen MR) is 91.5 cm³/mol. The summed E-state index contributed by atoms with van der Waals surface area (Å²) in [5.41, 5.74) is 0.271. The van der Waals surface area contributed by atoms with Crippen molar-refractivity contribution in [1.29, 1.82) is 0 Å². The van der Waals surface area contributed by atoms with Gasteiger partial charge in [-0.1, -0.05) is 64.2 Å². The summed E-state index contributed by atoms with van der Waals surface area (Å²) in [6.07, 6.45) is 1.15. The molecule has 0 radical (unpaired) electrons. The van der Waals surface area contributed by atoms with Crippen LogP contribution in [0, 0.1) is 0 Å². The van der Waals surface area contributed by atoms with Crippen LogP contribution in [0.15, 0.2) is 24.3 Å². The monoisotopic (exact) mass is 486 g/mol. The number of hydrogen-bond acceptors (Lipinski definition) is 2. The molecule has 0 aromatic heterocycles. The third kappa shape index (κ3) is 2.86. The Hall–Kier alpha value is -0.0500. The van der Waals surface area contributed by atoms with E-state index in [-0.39, 0.29) is 6.84 Å². The number of alkyl halides is 2. The molecule has 2 rings (SSSR count). The molecule has 5 heteroatoms. The van der Waals surface area contributed by atoms with Gasteiger partial charge < -0.3 is 9.84 Å². The molecule has 1 aromatic rings. The van der Waals surface area contributed by atoms with Crippen molar-refractivity contribution in [3.63, 3.8) is 0 Å². The summed E-state index contributed by atoms with van der Waals surface area (Å²) in [5.74, 6) is -0.378. The largest absolute Gasteiger partial charge is 0.478 e. The first-order chi connectivity index (χ1) is 8.58. The fraction of sp³-hybridized carbons (Fsp3) is 0.500. The van der Waals surface area contributed by atoms with Crippen LogP contribution in [0.3, 0.4) is 0 Å². The van der Waals surface area contributed by atoms with Crippen LogP contribution in [0.1, 0.15) is 32.8 Å². The SMILES string of the molecule is CC(C)(Oc1ccc(C2(C)CC2(I)I)cc1)C(=O)O. The molecule has 0 heterocycles. The van der Waals surface area contributed by atoms with Crippen molar-refractivity contribution >= 4 is 51.2 Å². The van der Waals surface area contributed by atoms with E-state index in [0.29, 0.717) is 5.75 Å². The van der Waals surface area contributed by atoms with Crippen LogP contribution in [-0.2, 0) is 10.2 Å². The molecule has 1 unspecified atom stereocenters. The molecule has 1 N–H and O–H groups in total. The van der Waals surface area contributed by atoms with Crippen LogP contribution < -0.4 is 4.74 Å². The summed E-state index contributed by atoms with van der Waals surface area (Å²) in [5, 5.41) is 9.04. The topological polar surface area (TPSA) is 46.5 Å². The third-order valence-electron chi connectivity index (χ3n) is 3.64. The quantitative estimate of drug-likeness (QED) is 0.514. The summed E-state index contributed by atoms with van der Waals surface area (Å²) in [6, 6.07) is 7.78. The molecular weight excluding hydrogens is 470 g/mol. The Labute approximate surface area is 140 Å². The predicted octanol–water partition coefficient (Wildman–Crippen LogP) is 4.16. The van der Waals surface area contributed by atoms with Crippen molar-refractivity contribution in [2.75, 3.05) is 0 Å². The number of halogens is 2. The van der Waals surface area contributed by atoms with Crippen LogP contribution in [0.5, 0.6) is 5.75 Å². The van der Waals surface area contributed by atoms with E-state index in [0.717, 1.165) is 6.42 Å². The molecule has 19 heavy (non-hydrogen) atoms. The number of rotatable bonds is 4. The van der Waals surface area contributed by atoms with E-state index in [1.807, 2.05) is 24.3 Å². The number of aliphatic carboxylic acids is 1. The second kappa shape index (κ2) is 4.75. The summed E-state index contributed by atoms with van der Waals surface area (Å²) >= 11 is 4.98. The average molecular weight is 486 g/mol. The van der Waals surface area contributed by atoms with Gasteiger partial charge in [-0.2, -0.15) is 0 Å². The van der Waals surface area contributed by atoms with Crippen LogP contribution in [0.25, 0.3) is 0 Å². The maximum atomic E-state index is 11.0. The number of benzene rings is 1.